The van der Waals surface area contributed by atoms with Crippen molar-refractivity contribution in [2.75, 3.05) is 38.2 Å². The molecule has 0 saturated heterocycles. The van der Waals surface area contributed by atoms with Crippen LogP contribution in [0.5, 0.6) is 5.75 Å². The van der Waals surface area contributed by atoms with Gasteiger partial charge in [-0.2, -0.15) is 18.2 Å². The minimum atomic E-state index is -4.63. The van der Waals surface area contributed by atoms with Gasteiger partial charge in [0.15, 0.2) is 6.61 Å². The Morgan fingerprint density at radius 1 is 1.22 bits per heavy atom. The molecule has 4 bridgehead atoms. The number of carbonyl (C=O) groups is 2. The molecular formula is C31H38ClF3N6O4. The van der Waals surface area contributed by atoms with Crippen molar-refractivity contribution in [3.05, 3.63) is 58.6 Å². The van der Waals surface area contributed by atoms with Crippen LogP contribution in [-0.2, 0) is 16.1 Å². The largest absolute Gasteiger partial charge is 0.492 e. The average molecular weight is 651 g/mol. The molecule has 6 rings (SSSR count). The van der Waals surface area contributed by atoms with Gasteiger partial charge in [-0.15, -0.1) is 0 Å². The Hall–Kier alpha value is -4.13. The number of hydrogen-bond acceptors (Lipinski definition) is 8. The molecule has 2 aromatic rings. The number of benzene rings is 2. The predicted molar refractivity (Wildman–Crippen MR) is 169 cm³/mol. The number of nitrogens with zero attached hydrogens (tertiary/aromatic N) is 4. The van der Waals surface area contributed by atoms with Crippen LogP contribution >= 0.6 is 11.6 Å². The fourth-order valence-corrected chi connectivity index (χ4v) is 4.56. The standard InChI is InChI=1S/C31H38ClF3N6O4/c1-5-7-26(42)41-14-6-15-44-25-13-8-21(16-24(25)32)17-37-28(36-4)40-29(45-20-31(33,34)35)39-23-11-9-22(10-12-23)27(43)38-18-30(2,3)19-41/h8-13,16H,4-7,14-15,17-20H2,1-3H3,(H,38,43)(H,37,39,40). The quantitative estimate of drug-likeness (QED) is 0.389. The molecule has 0 aromatic heterocycles. The number of alkyl halides is 3. The summed E-state index contributed by atoms with van der Waals surface area (Å²) in [6.07, 6.45) is -2.94. The molecule has 2 aromatic carbocycles. The van der Waals surface area contributed by atoms with Crippen molar-refractivity contribution in [1.29, 1.82) is 0 Å². The fourth-order valence-electron chi connectivity index (χ4n) is 4.30. The Balaban J connectivity index is 1.93. The van der Waals surface area contributed by atoms with Gasteiger partial charge in [-0.1, -0.05) is 38.4 Å². The second-order valence-electron chi connectivity index (χ2n) is 11.2. The van der Waals surface area contributed by atoms with E-state index in [1.54, 1.807) is 23.1 Å². The van der Waals surface area contributed by atoms with Crippen molar-refractivity contribution >= 4 is 47.8 Å². The van der Waals surface area contributed by atoms with Crippen LogP contribution in [0.25, 0.3) is 0 Å². The van der Waals surface area contributed by atoms with Crippen LogP contribution in [0.4, 0.5) is 18.9 Å². The Morgan fingerprint density at radius 3 is 2.60 bits per heavy atom. The summed E-state index contributed by atoms with van der Waals surface area (Å²) < 4.78 is 49.6. The SMILES string of the molecule is C=NC1=NCc2ccc(c(Cl)c2)OCCCN(C(=O)CCC)CC(C)(C)CNC(=O)c2ccc(cc2)N/C(OCC(F)(F)F)=N\1. The number of amidine groups is 1. The Bertz CT molecular complexity index is 1400. The van der Waals surface area contributed by atoms with E-state index in [0.717, 1.165) is 0 Å². The lowest BCUT2D eigenvalue weighted by Crippen LogP contribution is -2.45. The van der Waals surface area contributed by atoms with Crippen LogP contribution in [0.2, 0.25) is 5.02 Å². The van der Waals surface area contributed by atoms with E-state index in [1.807, 2.05) is 20.8 Å². The van der Waals surface area contributed by atoms with Gasteiger partial charge in [0.1, 0.15) is 5.75 Å². The molecule has 2 N–H and O–H groups in total. The predicted octanol–water partition coefficient (Wildman–Crippen LogP) is 6.11. The molecular weight excluding hydrogens is 613 g/mol. The Labute approximate surface area is 265 Å². The van der Waals surface area contributed by atoms with Crippen molar-refractivity contribution in [1.82, 2.24) is 10.2 Å². The van der Waals surface area contributed by atoms with Gasteiger partial charge in [-0.05, 0) is 66.9 Å². The van der Waals surface area contributed by atoms with E-state index in [-0.39, 0.29) is 24.3 Å². The molecule has 0 unspecified atom stereocenters. The first-order valence-corrected chi connectivity index (χ1v) is 14.8. The van der Waals surface area contributed by atoms with E-state index in [0.29, 0.717) is 73.1 Å². The third-order valence-corrected chi connectivity index (χ3v) is 6.80. The molecule has 4 aliphatic heterocycles. The van der Waals surface area contributed by atoms with Gasteiger partial charge in [-0.25, -0.2) is 9.98 Å². The lowest BCUT2D eigenvalue weighted by atomic mass is 9.92. The van der Waals surface area contributed by atoms with Gasteiger partial charge in [-0.3, -0.25) is 9.59 Å². The fraction of sp³-hybridized carbons (Fsp3) is 0.452. The summed E-state index contributed by atoms with van der Waals surface area (Å²) in [6.45, 7) is 9.21. The van der Waals surface area contributed by atoms with Crippen molar-refractivity contribution in [3.8, 4) is 5.75 Å². The molecule has 0 atom stereocenters. The summed E-state index contributed by atoms with van der Waals surface area (Å²) >= 11 is 6.44. The molecule has 45 heavy (non-hydrogen) atoms. The lowest BCUT2D eigenvalue weighted by Gasteiger charge is -2.33. The first-order valence-electron chi connectivity index (χ1n) is 14.4. The number of guanidine groups is 1. The molecule has 0 fully saturated rings. The molecule has 10 nitrogen and oxygen atoms in total. The molecule has 2 amide bonds. The third-order valence-electron chi connectivity index (χ3n) is 6.51. The van der Waals surface area contributed by atoms with Crippen LogP contribution in [0.1, 0.15) is 56.0 Å². The van der Waals surface area contributed by atoms with Crippen LogP contribution in [0, 0.1) is 5.41 Å². The molecule has 0 saturated carbocycles. The minimum Gasteiger partial charge on any atom is -0.492 e. The van der Waals surface area contributed by atoms with E-state index in [9.17, 15) is 22.8 Å². The number of nitrogens with one attached hydrogen (secondary N) is 2. The average Bonchev–Trinajstić information content (AvgIpc) is 2.98. The van der Waals surface area contributed by atoms with Gasteiger partial charge in [0, 0.05) is 37.3 Å². The maximum Gasteiger partial charge on any atom is 0.422 e. The number of amides is 2. The van der Waals surface area contributed by atoms with Crippen molar-refractivity contribution < 1.29 is 32.2 Å². The van der Waals surface area contributed by atoms with Gasteiger partial charge < -0.3 is 25.0 Å². The normalized spacial score (nSPS) is 17.9. The number of halogens is 4. The van der Waals surface area contributed by atoms with Gasteiger partial charge >= 0.3 is 6.18 Å². The first-order chi connectivity index (χ1) is 21.3. The summed E-state index contributed by atoms with van der Waals surface area (Å²) in [4.78, 5) is 39.6. The molecule has 4 aliphatic rings. The van der Waals surface area contributed by atoms with Crippen LogP contribution in [0.15, 0.2) is 57.4 Å². The van der Waals surface area contributed by atoms with E-state index in [4.69, 9.17) is 21.1 Å². The van der Waals surface area contributed by atoms with E-state index >= 15 is 0 Å². The van der Waals surface area contributed by atoms with E-state index in [1.165, 1.54) is 24.3 Å². The number of hydrogen-bond donors (Lipinski definition) is 2. The number of ether oxygens (including phenoxy) is 2. The summed E-state index contributed by atoms with van der Waals surface area (Å²) in [6, 6.07) is 10.6. The monoisotopic (exact) mass is 650 g/mol. The number of anilines is 1. The number of carbonyl (C=O) groups excluding carboxylic acids is 2. The highest BCUT2D eigenvalue weighted by Crippen LogP contribution is 2.26. The smallest absolute Gasteiger partial charge is 0.422 e. The summed E-state index contributed by atoms with van der Waals surface area (Å²) in [5, 5.41) is 5.92. The highest BCUT2D eigenvalue weighted by atomic mass is 35.5. The molecule has 0 radical (unpaired) electrons. The van der Waals surface area contributed by atoms with Gasteiger partial charge in [0.25, 0.3) is 11.9 Å². The van der Waals surface area contributed by atoms with Crippen LogP contribution < -0.4 is 15.4 Å². The first kappa shape index (κ1) is 35.4. The highest BCUT2D eigenvalue weighted by molar-refractivity contribution is 6.32. The van der Waals surface area contributed by atoms with Crippen molar-refractivity contribution in [3.63, 3.8) is 0 Å². The summed E-state index contributed by atoms with van der Waals surface area (Å²) in [5.74, 6) is -0.101. The van der Waals surface area contributed by atoms with E-state index in [2.05, 4.69) is 32.3 Å². The molecule has 4 heterocycles. The van der Waals surface area contributed by atoms with Crippen LogP contribution in [-0.4, -0.2) is 74.4 Å². The zero-order chi connectivity index (χ0) is 33.0. The third kappa shape index (κ3) is 12.1. The molecule has 0 spiro atoms. The molecule has 244 valence electrons. The van der Waals surface area contributed by atoms with E-state index < -0.39 is 24.2 Å². The molecule has 14 heteroatoms. The van der Waals surface area contributed by atoms with Gasteiger partial charge in [0.05, 0.1) is 18.2 Å². The Kier molecular flexibility index (Phi) is 12.8. The van der Waals surface area contributed by atoms with Gasteiger partial charge in [0.2, 0.25) is 11.9 Å². The minimum absolute atomic E-state index is 0.0277. The van der Waals surface area contributed by atoms with Crippen molar-refractivity contribution in [2.24, 2.45) is 20.4 Å². The highest BCUT2D eigenvalue weighted by Gasteiger charge is 2.29. The topological polar surface area (TPSA) is 117 Å². The maximum atomic E-state index is 13.0. The summed E-state index contributed by atoms with van der Waals surface area (Å²) in [7, 11) is 0. The number of aliphatic imine (C=N–C) groups is 3. The molecule has 0 aliphatic carbocycles. The lowest BCUT2D eigenvalue weighted by molar-refractivity contribution is -0.156. The maximum absolute atomic E-state index is 13.0. The van der Waals surface area contributed by atoms with Crippen LogP contribution in [0.3, 0.4) is 0 Å². The zero-order valence-electron chi connectivity index (χ0n) is 25.5. The Morgan fingerprint density at radius 2 is 1.96 bits per heavy atom. The number of rotatable bonds is 3. The second-order valence-corrected chi connectivity index (χ2v) is 11.6. The summed E-state index contributed by atoms with van der Waals surface area (Å²) in [5.41, 5.74) is 0.846. The zero-order valence-corrected chi connectivity index (χ0v) is 26.3. The van der Waals surface area contributed by atoms with Crippen molar-refractivity contribution in [2.45, 2.75) is 52.8 Å². The second kappa shape index (κ2) is 16.3.